The Morgan fingerprint density at radius 2 is 2.43 bits per heavy atom. The first kappa shape index (κ1) is 10.6. The second kappa shape index (κ2) is 4.66. The lowest BCUT2D eigenvalue weighted by atomic mass is 10.1. The number of methoxy groups -OCH3 is 1. The summed E-state index contributed by atoms with van der Waals surface area (Å²) >= 11 is 0. The predicted molar refractivity (Wildman–Crippen MR) is 47.9 cm³/mol. The van der Waals surface area contributed by atoms with Gasteiger partial charge in [-0.2, -0.15) is 4.39 Å². The highest BCUT2D eigenvalue weighted by atomic mass is 19.1. The SMILES string of the molecule is COC(=O)[C@H](N)Cc1ccc(F)nc1. The topological polar surface area (TPSA) is 65.2 Å². The fourth-order valence-electron chi connectivity index (χ4n) is 1.02. The first-order valence-electron chi connectivity index (χ1n) is 4.07. The number of carbonyl (C=O) groups excluding carboxylic acids is 1. The number of nitrogens with zero attached hydrogens (tertiary/aromatic N) is 1. The molecule has 14 heavy (non-hydrogen) atoms. The summed E-state index contributed by atoms with van der Waals surface area (Å²) < 4.78 is 16.9. The van der Waals surface area contributed by atoms with Crippen LogP contribution in [0, 0.1) is 5.95 Å². The largest absolute Gasteiger partial charge is 0.468 e. The molecule has 76 valence electrons. The van der Waals surface area contributed by atoms with Crippen molar-refractivity contribution in [2.75, 3.05) is 7.11 Å². The van der Waals surface area contributed by atoms with Crippen LogP contribution in [0.5, 0.6) is 0 Å². The lowest BCUT2D eigenvalue weighted by Crippen LogP contribution is -2.33. The van der Waals surface area contributed by atoms with Crippen molar-refractivity contribution in [1.29, 1.82) is 0 Å². The highest BCUT2D eigenvalue weighted by molar-refractivity contribution is 5.75. The van der Waals surface area contributed by atoms with Gasteiger partial charge < -0.3 is 10.5 Å². The molecule has 0 radical (unpaired) electrons. The Morgan fingerprint density at radius 1 is 1.71 bits per heavy atom. The van der Waals surface area contributed by atoms with Crippen molar-refractivity contribution in [2.45, 2.75) is 12.5 Å². The highest BCUT2D eigenvalue weighted by Crippen LogP contribution is 2.02. The van der Waals surface area contributed by atoms with Crippen LogP contribution in [-0.2, 0) is 16.0 Å². The van der Waals surface area contributed by atoms with Crippen LogP contribution in [0.15, 0.2) is 18.3 Å². The molecule has 1 aromatic rings. The molecule has 5 heteroatoms. The summed E-state index contributed by atoms with van der Waals surface area (Å²) in [6, 6.07) is 2.03. The molecular formula is C9H11FN2O2. The van der Waals surface area contributed by atoms with Gasteiger partial charge in [0.25, 0.3) is 0 Å². The zero-order valence-corrected chi connectivity index (χ0v) is 7.74. The van der Waals surface area contributed by atoms with Gasteiger partial charge in [-0.25, -0.2) is 4.98 Å². The van der Waals surface area contributed by atoms with Crippen molar-refractivity contribution in [3.63, 3.8) is 0 Å². The molecule has 0 fully saturated rings. The summed E-state index contributed by atoms with van der Waals surface area (Å²) in [5.74, 6) is -1.05. The van der Waals surface area contributed by atoms with Crippen LogP contribution in [0.1, 0.15) is 5.56 Å². The van der Waals surface area contributed by atoms with Gasteiger partial charge in [-0.1, -0.05) is 6.07 Å². The Kier molecular flexibility index (Phi) is 3.53. The Hall–Kier alpha value is -1.49. The normalized spacial score (nSPS) is 12.2. The molecule has 0 unspecified atom stereocenters. The van der Waals surface area contributed by atoms with Gasteiger partial charge in [-0.15, -0.1) is 0 Å². The number of ether oxygens (including phenoxy) is 1. The summed E-state index contributed by atoms with van der Waals surface area (Å²) in [5.41, 5.74) is 6.20. The van der Waals surface area contributed by atoms with Gasteiger partial charge in [0, 0.05) is 6.20 Å². The fraction of sp³-hybridized carbons (Fsp3) is 0.333. The van der Waals surface area contributed by atoms with E-state index in [0.717, 1.165) is 0 Å². The third-order valence-electron chi connectivity index (χ3n) is 1.75. The van der Waals surface area contributed by atoms with Gasteiger partial charge in [0.1, 0.15) is 6.04 Å². The lowest BCUT2D eigenvalue weighted by Gasteiger charge is -2.08. The van der Waals surface area contributed by atoms with Crippen molar-refractivity contribution >= 4 is 5.97 Å². The number of halogens is 1. The van der Waals surface area contributed by atoms with Crippen LogP contribution in [0.2, 0.25) is 0 Å². The van der Waals surface area contributed by atoms with Crippen LogP contribution >= 0.6 is 0 Å². The molecule has 1 rings (SSSR count). The number of aromatic nitrogens is 1. The predicted octanol–water partition coefficient (Wildman–Crippen LogP) is 0.263. The average Bonchev–Trinajstić information content (AvgIpc) is 2.20. The number of rotatable bonds is 3. The monoisotopic (exact) mass is 198 g/mol. The van der Waals surface area contributed by atoms with Crippen LogP contribution < -0.4 is 5.73 Å². The van der Waals surface area contributed by atoms with Crippen LogP contribution in [-0.4, -0.2) is 24.1 Å². The minimum atomic E-state index is -0.729. The molecule has 0 spiro atoms. The highest BCUT2D eigenvalue weighted by Gasteiger charge is 2.14. The van der Waals surface area contributed by atoms with E-state index in [4.69, 9.17) is 5.73 Å². The maximum Gasteiger partial charge on any atom is 0.322 e. The molecule has 0 saturated heterocycles. The zero-order chi connectivity index (χ0) is 10.6. The van der Waals surface area contributed by atoms with Crippen molar-refractivity contribution in [3.8, 4) is 0 Å². The van der Waals surface area contributed by atoms with Crippen molar-refractivity contribution < 1.29 is 13.9 Å². The Labute approximate surface area is 80.9 Å². The quantitative estimate of drug-likeness (QED) is 0.559. The van der Waals surface area contributed by atoms with Gasteiger partial charge >= 0.3 is 5.97 Å². The lowest BCUT2D eigenvalue weighted by molar-refractivity contribution is -0.142. The number of carbonyl (C=O) groups is 1. The van der Waals surface area contributed by atoms with E-state index >= 15 is 0 Å². The molecule has 4 nitrogen and oxygen atoms in total. The Bertz CT molecular complexity index is 313. The van der Waals surface area contributed by atoms with E-state index in [0.29, 0.717) is 12.0 Å². The summed E-state index contributed by atoms with van der Waals surface area (Å²) in [5, 5.41) is 0. The number of nitrogens with two attached hydrogens (primary N) is 1. The van der Waals surface area contributed by atoms with Gasteiger partial charge in [0.2, 0.25) is 5.95 Å². The number of hydrogen-bond acceptors (Lipinski definition) is 4. The Balaban J connectivity index is 2.60. The molecule has 0 saturated carbocycles. The zero-order valence-electron chi connectivity index (χ0n) is 7.74. The molecule has 0 bridgehead atoms. The summed E-state index contributed by atoms with van der Waals surface area (Å²) in [6.45, 7) is 0. The third kappa shape index (κ3) is 2.77. The molecule has 2 N–H and O–H groups in total. The maximum atomic E-state index is 12.4. The second-order valence-corrected chi connectivity index (χ2v) is 2.82. The molecular weight excluding hydrogens is 187 g/mol. The first-order valence-corrected chi connectivity index (χ1v) is 4.07. The van der Waals surface area contributed by atoms with Crippen LogP contribution in [0.4, 0.5) is 4.39 Å². The van der Waals surface area contributed by atoms with E-state index in [2.05, 4.69) is 9.72 Å². The fourth-order valence-corrected chi connectivity index (χ4v) is 1.02. The summed E-state index contributed by atoms with van der Waals surface area (Å²) in [7, 11) is 1.27. The second-order valence-electron chi connectivity index (χ2n) is 2.82. The maximum absolute atomic E-state index is 12.4. The van der Waals surface area contributed by atoms with Crippen LogP contribution in [0.25, 0.3) is 0 Å². The number of pyridine rings is 1. The third-order valence-corrected chi connectivity index (χ3v) is 1.75. The molecule has 0 aliphatic heterocycles. The van der Waals surface area contributed by atoms with Crippen LogP contribution in [0.3, 0.4) is 0 Å². The standard InChI is InChI=1S/C9H11FN2O2/c1-14-9(13)7(11)4-6-2-3-8(10)12-5-6/h2-3,5,7H,4,11H2,1H3/t7-/m1/s1. The molecule has 1 aromatic heterocycles. The summed E-state index contributed by atoms with van der Waals surface area (Å²) in [6.07, 6.45) is 1.64. The molecule has 0 aromatic carbocycles. The molecule has 1 atom stereocenters. The number of hydrogen-bond donors (Lipinski definition) is 1. The van der Waals surface area contributed by atoms with E-state index in [-0.39, 0.29) is 0 Å². The first-order chi connectivity index (χ1) is 6.63. The van der Waals surface area contributed by atoms with Gasteiger partial charge in [-0.3, -0.25) is 4.79 Å². The molecule has 0 aliphatic carbocycles. The molecule has 0 amide bonds. The van der Waals surface area contributed by atoms with Gasteiger partial charge in [0.15, 0.2) is 0 Å². The van der Waals surface area contributed by atoms with E-state index in [1.54, 1.807) is 0 Å². The van der Waals surface area contributed by atoms with E-state index in [1.165, 1.54) is 25.4 Å². The van der Waals surface area contributed by atoms with Crippen molar-refractivity contribution in [1.82, 2.24) is 4.98 Å². The van der Waals surface area contributed by atoms with Gasteiger partial charge in [0.05, 0.1) is 7.11 Å². The van der Waals surface area contributed by atoms with Crippen molar-refractivity contribution in [3.05, 3.63) is 29.8 Å². The average molecular weight is 198 g/mol. The molecule has 1 heterocycles. The van der Waals surface area contributed by atoms with E-state index in [9.17, 15) is 9.18 Å². The van der Waals surface area contributed by atoms with Gasteiger partial charge in [-0.05, 0) is 18.1 Å². The smallest absolute Gasteiger partial charge is 0.322 e. The Morgan fingerprint density at radius 3 is 2.93 bits per heavy atom. The summed E-state index contributed by atoms with van der Waals surface area (Å²) in [4.78, 5) is 14.4. The number of esters is 1. The minimum Gasteiger partial charge on any atom is -0.468 e. The molecule has 0 aliphatic rings. The van der Waals surface area contributed by atoms with Crippen molar-refractivity contribution in [2.24, 2.45) is 5.73 Å². The van der Waals surface area contributed by atoms with E-state index < -0.39 is 18.0 Å². The van der Waals surface area contributed by atoms with E-state index in [1.807, 2.05) is 0 Å². The minimum absolute atomic E-state index is 0.292.